The average Bonchev–Trinajstić information content (AvgIpc) is 3.12. The first kappa shape index (κ1) is 12.5. The van der Waals surface area contributed by atoms with Crippen LogP contribution in [-0.4, -0.2) is 33.7 Å². The minimum Gasteiger partial charge on any atom is -0.493 e. The molecule has 1 aliphatic heterocycles. The smallest absolute Gasteiger partial charge is 0.134 e. The third-order valence-electron chi connectivity index (χ3n) is 3.14. The number of oxime groups is 1. The molecule has 104 valence electrons. The molecule has 0 unspecified atom stereocenters. The molecule has 0 atom stereocenters. The number of benzene rings is 1. The highest BCUT2D eigenvalue weighted by Gasteiger charge is 2.20. The summed E-state index contributed by atoms with van der Waals surface area (Å²) in [4.78, 5) is 3.99. The van der Waals surface area contributed by atoms with Crippen LogP contribution in [-0.2, 0) is 6.54 Å². The summed E-state index contributed by atoms with van der Waals surface area (Å²) in [5.74, 6) is 1.46. The Bertz CT molecular complexity index is 608. The Labute approximate surface area is 116 Å². The van der Waals surface area contributed by atoms with Crippen LogP contribution in [0.4, 0.5) is 0 Å². The molecule has 0 bridgehead atoms. The van der Waals surface area contributed by atoms with E-state index in [2.05, 4.69) is 10.1 Å². The summed E-state index contributed by atoms with van der Waals surface area (Å²) in [5.41, 5.74) is 1.37. The zero-order valence-electron chi connectivity index (χ0n) is 10.9. The van der Waals surface area contributed by atoms with E-state index in [0.717, 1.165) is 24.3 Å². The lowest BCUT2D eigenvalue weighted by Crippen LogP contribution is -2.03. The van der Waals surface area contributed by atoms with E-state index < -0.39 is 0 Å². The standard InChI is InChI=1S/C14H15N3O3/c18-16-13-9-20-14-8-11(2-3-12(13)14)19-7-1-5-17-6-4-15-10-17/h2-4,6,8,10,18H,1,5,7,9H2. The van der Waals surface area contributed by atoms with Crippen LogP contribution >= 0.6 is 0 Å². The summed E-state index contributed by atoms with van der Waals surface area (Å²) in [6, 6.07) is 5.53. The van der Waals surface area contributed by atoms with Crippen LogP contribution in [0.3, 0.4) is 0 Å². The molecule has 0 fully saturated rings. The lowest BCUT2D eigenvalue weighted by molar-refractivity contribution is 0.299. The number of aryl methyl sites for hydroxylation is 1. The number of hydrogen-bond acceptors (Lipinski definition) is 5. The van der Waals surface area contributed by atoms with E-state index >= 15 is 0 Å². The molecule has 2 heterocycles. The van der Waals surface area contributed by atoms with Gasteiger partial charge in [-0.2, -0.15) is 0 Å². The van der Waals surface area contributed by atoms with Gasteiger partial charge in [-0.05, 0) is 18.6 Å². The van der Waals surface area contributed by atoms with Crippen LogP contribution in [0.15, 0.2) is 42.1 Å². The minimum atomic E-state index is 0.302. The van der Waals surface area contributed by atoms with Gasteiger partial charge in [-0.25, -0.2) is 4.98 Å². The molecule has 6 heteroatoms. The first-order chi connectivity index (χ1) is 9.86. The molecule has 3 rings (SSSR count). The minimum absolute atomic E-state index is 0.302. The van der Waals surface area contributed by atoms with Gasteiger partial charge in [-0.3, -0.25) is 0 Å². The molecular formula is C14H15N3O3. The zero-order chi connectivity index (χ0) is 13.8. The Hall–Kier alpha value is -2.50. The van der Waals surface area contributed by atoms with Gasteiger partial charge in [0.15, 0.2) is 0 Å². The van der Waals surface area contributed by atoms with E-state index in [1.54, 1.807) is 12.5 Å². The van der Waals surface area contributed by atoms with Crippen molar-refractivity contribution in [2.24, 2.45) is 5.16 Å². The molecule has 6 nitrogen and oxygen atoms in total. The second-order valence-corrected chi connectivity index (χ2v) is 4.50. The van der Waals surface area contributed by atoms with Gasteiger partial charge < -0.3 is 19.2 Å². The van der Waals surface area contributed by atoms with Crippen molar-refractivity contribution in [3.05, 3.63) is 42.5 Å². The van der Waals surface area contributed by atoms with E-state index in [1.807, 2.05) is 29.0 Å². The van der Waals surface area contributed by atoms with Crippen LogP contribution < -0.4 is 9.47 Å². The molecular weight excluding hydrogens is 258 g/mol. The van der Waals surface area contributed by atoms with Gasteiger partial charge in [0.2, 0.25) is 0 Å². The molecule has 1 aromatic heterocycles. The van der Waals surface area contributed by atoms with Gasteiger partial charge in [0.05, 0.1) is 12.9 Å². The molecule has 0 saturated carbocycles. The Morgan fingerprint density at radius 3 is 3.20 bits per heavy atom. The van der Waals surface area contributed by atoms with Gasteiger partial charge in [-0.1, -0.05) is 5.16 Å². The quantitative estimate of drug-likeness (QED) is 0.513. The predicted molar refractivity (Wildman–Crippen MR) is 72.6 cm³/mol. The molecule has 0 spiro atoms. The largest absolute Gasteiger partial charge is 0.493 e. The Kier molecular flexibility index (Phi) is 3.54. The lowest BCUT2D eigenvalue weighted by atomic mass is 10.1. The highest BCUT2D eigenvalue weighted by Crippen LogP contribution is 2.29. The van der Waals surface area contributed by atoms with Gasteiger partial charge >= 0.3 is 0 Å². The summed E-state index contributed by atoms with van der Waals surface area (Å²) in [6.07, 6.45) is 6.38. The van der Waals surface area contributed by atoms with Gasteiger partial charge in [-0.15, -0.1) is 0 Å². The Balaban J connectivity index is 1.54. The fourth-order valence-corrected chi connectivity index (χ4v) is 2.11. The maximum Gasteiger partial charge on any atom is 0.134 e. The number of imidazole rings is 1. The highest BCUT2D eigenvalue weighted by atomic mass is 16.5. The van der Waals surface area contributed by atoms with Crippen molar-refractivity contribution < 1.29 is 14.7 Å². The fourth-order valence-electron chi connectivity index (χ4n) is 2.11. The third kappa shape index (κ3) is 2.59. The van der Waals surface area contributed by atoms with E-state index in [4.69, 9.17) is 14.7 Å². The van der Waals surface area contributed by atoms with E-state index in [1.165, 1.54) is 0 Å². The molecule has 0 aliphatic carbocycles. The maximum atomic E-state index is 8.82. The molecule has 1 aromatic carbocycles. The molecule has 0 amide bonds. The highest BCUT2D eigenvalue weighted by molar-refractivity contribution is 6.05. The molecule has 2 aromatic rings. The monoisotopic (exact) mass is 273 g/mol. The third-order valence-corrected chi connectivity index (χ3v) is 3.14. The summed E-state index contributed by atoms with van der Waals surface area (Å²) >= 11 is 0. The second-order valence-electron chi connectivity index (χ2n) is 4.50. The van der Waals surface area contributed by atoms with Crippen LogP contribution in [0.5, 0.6) is 11.5 Å². The van der Waals surface area contributed by atoms with Crippen molar-refractivity contribution in [2.75, 3.05) is 13.2 Å². The number of aromatic nitrogens is 2. The summed E-state index contributed by atoms with van der Waals surface area (Å²) in [7, 11) is 0. The molecule has 20 heavy (non-hydrogen) atoms. The maximum absolute atomic E-state index is 8.82. The normalized spacial score (nSPS) is 15.1. The van der Waals surface area contributed by atoms with Crippen molar-refractivity contribution >= 4 is 5.71 Å². The molecule has 1 aliphatic rings. The molecule has 1 N–H and O–H groups in total. The average molecular weight is 273 g/mol. The van der Waals surface area contributed by atoms with E-state index in [-0.39, 0.29) is 0 Å². The van der Waals surface area contributed by atoms with Crippen LogP contribution in [0.2, 0.25) is 0 Å². The van der Waals surface area contributed by atoms with Crippen molar-refractivity contribution in [1.29, 1.82) is 0 Å². The first-order valence-corrected chi connectivity index (χ1v) is 6.43. The van der Waals surface area contributed by atoms with E-state index in [9.17, 15) is 0 Å². The topological polar surface area (TPSA) is 68.9 Å². The van der Waals surface area contributed by atoms with Crippen LogP contribution in [0, 0.1) is 0 Å². The fraction of sp³-hybridized carbons (Fsp3) is 0.286. The number of hydrogen-bond donors (Lipinski definition) is 1. The van der Waals surface area contributed by atoms with Crippen molar-refractivity contribution in [1.82, 2.24) is 9.55 Å². The number of fused-ring (bicyclic) bond motifs is 1. The van der Waals surface area contributed by atoms with Gasteiger partial charge in [0.25, 0.3) is 0 Å². The van der Waals surface area contributed by atoms with Crippen LogP contribution in [0.1, 0.15) is 12.0 Å². The number of nitrogens with zero attached hydrogens (tertiary/aromatic N) is 3. The summed E-state index contributed by atoms with van der Waals surface area (Å²) < 4.78 is 13.1. The van der Waals surface area contributed by atoms with E-state index in [0.29, 0.717) is 24.7 Å². The zero-order valence-corrected chi connectivity index (χ0v) is 10.9. The van der Waals surface area contributed by atoms with Crippen molar-refractivity contribution in [3.63, 3.8) is 0 Å². The SMILES string of the molecule is ON=C1COc2cc(OCCCn3ccnc3)ccc21. The lowest BCUT2D eigenvalue weighted by Gasteiger charge is -2.07. The molecule has 0 radical (unpaired) electrons. The van der Waals surface area contributed by atoms with Crippen molar-refractivity contribution in [3.8, 4) is 11.5 Å². The molecule has 0 saturated heterocycles. The van der Waals surface area contributed by atoms with Crippen LogP contribution in [0.25, 0.3) is 0 Å². The summed E-state index contributed by atoms with van der Waals surface area (Å²) in [5, 5.41) is 12.0. The second kappa shape index (κ2) is 5.64. The number of ether oxygens (including phenoxy) is 2. The van der Waals surface area contributed by atoms with Gasteiger partial charge in [0, 0.05) is 30.6 Å². The summed E-state index contributed by atoms with van der Waals surface area (Å²) in [6.45, 7) is 1.80. The first-order valence-electron chi connectivity index (χ1n) is 6.43. The number of rotatable bonds is 5. The Morgan fingerprint density at radius 1 is 1.45 bits per heavy atom. The predicted octanol–water partition coefficient (Wildman–Crippen LogP) is 1.92. The van der Waals surface area contributed by atoms with Crippen molar-refractivity contribution in [2.45, 2.75) is 13.0 Å². The van der Waals surface area contributed by atoms with Gasteiger partial charge in [0.1, 0.15) is 23.8 Å². The Morgan fingerprint density at radius 2 is 2.40 bits per heavy atom.